The summed E-state index contributed by atoms with van der Waals surface area (Å²) in [5, 5.41) is 0. The molecular formula is C13H20BrN3. The number of anilines is 1. The SMILES string of the molecule is CCC1CN(c2cc(C)c(Br)cn2)CCN1C. The Hall–Kier alpha value is -0.610. The third-order valence-electron chi connectivity index (χ3n) is 3.60. The van der Waals surface area contributed by atoms with Crippen LogP contribution < -0.4 is 4.90 Å². The molecule has 3 nitrogen and oxygen atoms in total. The second-order valence-electron chi connectivity index (χ2n) is 4.78. The number of nitrogens with zero attached hydrogens (tertiary/aromatic N) is 3. The van der Waals surface area contributed by atoms with Gasteiger partial charge < -0.3 is 4.90 Å². The lowest BCUT2D eigenvalue weighted by atomic mass is 10.1. The first-order valence-electron chi connectivity index (χ1n) is 6.19. The van der Waals surface area contributed by atoms with Crippen molar-refractivity contribution in [1.82, 2.24) is 9.88 Å². The van der Waals surface area contributed by atoms with Crippen LogP contribution in [0.1, 0.15) is 18.9 Å². The molecule has 2 rings (SSSR count). The maximum absolute atomic E-state index is 4.52. The molecule has 1 fully saturated rings. The molecule has 0 spiro atoms. The summed E-state index contributed by atoms with van der Waals surface area (Å²) in [6, 6.07) is 2.82. The van der Waals surface area contributed by atoms with E-state index in [1.807, 2.05) is 6.20 Å². The van der Waals surface area contributed by atoms with Crippen LogP contribution in [-0.2, 0) is 0 Å². The van der Waals surface area contributed by atoms with Gasteiger partial charge in [-0.15, -0.1) is 0 Å². The molecule has 4 heteroatoms. The van der Waals surface area contributed by atoms with Crippen LogP contribution in [0.25, 0.3) is 0 Å². The average Bonchev–Trinajstić information content (AvgIpc) is 2.33. The highest BCUT2D eigenvalue weighted by Crippen LogP contribution is 2.22. The first-order chi connectivity index (χ1) is 8.11. The summed E-state index contributed by atoms with van der Waals surface area (Å²) < 4.78 is 1.09. The van der Waals surface area contributed by atoms with Gasteiger partial charge in [0.2, 0.25) is 0 Å². The Morgan fingerprint density at radius 1 is 1.47 bits per heavy atom. The smallest absolute Gasteiger partial charge is 0.128 e. The van der Waals surface area contributed by atoms with Gasteiger partial charge >= 0.3 is 0 Å². The third-order valence-corrected chi connectivity index (χ3v) is 4.44. The van der Waals surface area contributed by atoms with Gasteiger partial charge in [-0.3, -0.25) is 4.90 Å². The molecule has 0 aliphatic carbocycles. The molecule has 1 aliphatic heterocycles. The summed E-state index contributed by atoms with van der Waals surface area (Å²) in [4.78, 5) is 9.36. The van der Waals surface area contributed by atoms with Gasteiger partial charge in [0.05, 0.1) is 0 Å². The van der Waals surface area contributed by atoms with Crippen LogP contribution in [0.2, 0.25) is 0 Å². The molecule has 1 saturated heterocycles. The lowest BCUT2D eigenvalue weighted by molar-refractivity contribution is 0.213. The van der Waals surface area contributed by atoms with Crippen LogP contribution in [0.3, 0.4) is 0 Å². The minimum absolute atomic E-state index is 0.648. The molecule has 0 amide bonds. The van der Waals surface area contributed by atoms with E-state index in [0.29, 0.717) is 6.04 Å². The lowest BCUT2D eigenvalue weighted by Gasteiger charge is -2.39. The van der Waals surface area contributed by atoms with Crippen LogP contribution in [0.15, 0.2) is 16.7 Å². The van der Waals surface area contributed by atoms with Crippen LogP contribution in [0, 0.1) is 6.92 Å². The maximum Gasteiger partial charge on any atom is 0.128 e. The number of likely N-dealkylation sites (N-methyl/N-ethyl adjacent to an activating group) is 1. The fourth-order valence-corrected chi connectivity index (χ4v) is 2.51. The van der Waals surface area contributed by atoms with E-state index in [-0.39, 0.29) is 0 Å². The van der Waals surface area contributed by atoms with Gasteiger partial charge in [0.25, 0.3) is 0 Å². The quantitative estimate of drug-likeness (QED) is 0.837. The molecule has 2 heterocycles. The van der Waals surface area contributed by atoms with E-state index in [9.17, 15) is 0 Å². The summed E-state index contributed by atoms with van der Waals surface area (Å²) in [7, 11) is 2.21. The molecule has 1 aromatic heterocycles. The Balaban J connectivity index is 2.14. The second-order valence-corrected chi connectivity index (χ2v) is 5.63. The molecule has 1 atom stereocenters. The van der Waals surface area contributed by atoms with Gasteiger partial charge in [-0.25, -0.2) is 4.98 Å². The zero-order valence-corrected chi connectivity index (χ0v) is 12.4. The van der Waals surface area contributed by atoms with E-state index >= 15 is 0 Å². The van der Waals surface area contributed by atoms with E-state index in [1.54, 1.807) is 0 Å². The van der Waals surface area contributed by atoms with Crippen molar-refractivity contribution in [3.05, 3.63) is 22.3 Å². The molecule has 0 saturated carbocycles. The number of hydrogen-bond acceptors (Lipinski definition) is 3. The zero-order chi connectivity index (χ0) is 12.4. The van der Waals surface area contributed by atoms with E-state index in [0.717, 1.165) is 29.9 Å². The number of pyridine rings is 1. The van der Waals surface area contributed by atoms with E-state index < -0.39 is 0 Å². The Bertz CT molecular complexity index is 394. The number of rotatable bonds is 2. The number of aryl methyl sites for hydroxylation is 1. The second kappa shape index (κ2) is 5.36. The fraction of sp³-hybridized carbons (Fsp3) is 0.615. The fourth-order valence-electron chi connectivity index (χ4n) is 2.29. The van der Waals surface area contributed by atoms with E-state index in [1.165, 1.54) is 12.0 Å². The average molecular weight is 298 g/mol. The monoisotopic (exact) mass is 297 g/mol. The first kappa shape index (κ1) is 12.8. The van der Waals surface area contributed by atoms with Crippen molar-refractivity contribution in [3.8, 4) is 0 Å². The van der Waals surface area contributed by atoms with Crippen molar-refractivity contribution >= 4 is 21.7 Å². The lowest BCUT2D eigenvalue weighted by Crippen LogP contribution is -2.51. The number of hydrogen-bond donors (Lipinski definition) is 0. The third kappa shape index (κ3) is 2.80. The Morgan fingerprint density at radius 2 is 2.24 bits per heavy atom. The summed E-state index contributed by atoms with van der Waals surface area (Å²) in [6.07, 6.45) is 3.10. The van der Waals surface area contributed by atoms with Crippen molar-refractivity contribution in [2.75, 3.05) is 31.6 Å². The van der Waals surface area contributed by atoms with Crippen LogP contribution >= 0.6 is 15.9 Å². The number of aromatic nitrogens is 1. The van der Waals surface area contributed by atoms with Crippen molar-refractivity contribution in [3.63, 3.8) is 0 Å². The minimum Gasteiger partial charge on any atom is -0.354 e. The zero-order valence-electron chi connectivity index (χ0n) is 10.8. The van der Waals surface area contributed by atoms with Crippen LogP contribution in [0.5, 0.6) is 0 Å². The topological polar surface area (TPSA) is 19.4 Å². The molecule has 0 N–H and O–H groups in total. The summed E-state index contributed by atoms with van der Waals surface area (Å²) >= 11 is 3.50. The number of piperazine rings is 1. The summed E-state index contributed by atoms with van der Waals surface area (Å²) in [5.41, 5.74) is 1.25. The summed E-state index contributed by atoms with van der Waals surface area (Å²) in [5.74, 6) is 1.11. The Kier molecular flexibility index (Phi) is 4.05. The molecule has 1 aliphatic rings. The molecule has 0 bridgehead atoms. The van der Waals surface area contributed by atoms with Gasteiger partial charge in [-0.05, 0) is 48.0 Å². The molecule has 1 aromatic rings. The molecule has 17 heavy (non-hydrogen) atoms. The normalized spacial score (nSPS) is 21.9. The largest absolute Gasteiger partial charge is 0.354 e. The molecular weight excluding hydrogens is 278 g/mol. The highest BCUT2D eigenvalue weighted by molar-refractivity contribution is 9.10. The molecule has 0 aromatic carbocycles. The van der Waals surface area contributed by atoms with Crippen molar-refractivity contribution in [1.29, 1.82) is 0 Å². The first-order valence-corrected chi connectivity index (χ1v) is 6.98. The van der Waals surface area contributed by atoms with Crippen LogP contribution in [0.4, 0.5) is 5.82 Å². The molecule has 94 valence electrons. The van der Waals surface area contributed by atoms with Gasteiger partial charge in [-0.2, -0.15) is 0 Å². The number of halogens is 1. The van der Waals surface area contributed by atoms with Gasteiger partial charge in [0.1, 0.15) is 5.82 Å². The van der Waals surface area contributed by atoms with Crippen molar-refractivity contribution in [2.24, 2.45) is 0 Å². The van der Waals surface area contributed by atoms with Gasteiger partial charge in [0.15, 0.2) is 0 Å². The van der Waals surface area contributed by atoms with Crippen LogP contribution in [-0.4, -0.2) is 42.6 Å². The van der Waals surface area contributed by atoms with Crippen molar-refractivity contribution < 1.29 is 0 Å². The summed E-state index contributed by atoms with van der Waals surface area (Å²) in [6.45, 7) is 7.64. The van der Waals surface area contributed by atoms with Gasteiger partial charge in [0, 0.05) is 36.3 Å². The highest BCUT2D eigenvalue weighted by Gasteiger charge is 2.23. The van der Waals surface area contributed by atoms with E-state index in [4.69, 9.17) is 0 Å². The van der Waals surface area contributed by atoms with Crippen molar-refractivity contribution in [2.45, 2.75) is 26.3 Å². The predicted octanol–water partition coefficient (Wildman–Crippen LogP) is 2.68. The molecule has 0 radical (unpaired) electrons. The predicted molar refractivity (Wildman–Crippen MR) is 75.6 cm³/mol. The Labute approximate surface area is 112 Å². The molecule has 1 unspecified atom stereocenters. The highest BCUT2D eigenvalue weighted by atomic mass is 79.9. The standard InChI is InChI=1S/C13H20BrN3/c1-4-11-9-17(6-5-16(11)3)13-7-10(2)12(14)8-15-13/h7-8,11H,4-6,9H2,1-3H3. The Morgan fingerprint density at radius 3 is 2.88 bits per heavy atom. The van der Waals surface area contributed by atoms with Gasteiger partial charge in [-0.1, -0.05) is 6.92 Å². The maximum atomic E-state index is 4.52. The van der Waals surface area contributed by atoms with E-state index in [2.05, 4.69) is 57.7 Å². The minimum atomic E-state index is 0.648.